The van der Waals surface area contributed by atoms with Gasteiger partial charge in [-0.1, -0.05) is 0 Å². The highest BCUT2D eigenvalue weighted by Gasteiger charge is 2.30. The van der Waals surface area contributed by atoms with Gasteiger partial charge in [-0.2, -0.15) is 11.3 Å². The van der Waals surface area contributed by atoms with Crippen molar-refractivity contribution < 1.29 is 42.9 Å². The first-order valence-electron chi connectivity index (χ1n) is 10.5. The molecule has 1 aliphatic heterocycles. The summed E-state index contributed by atoms with van der Waals surface area (Å²) >= 11 is 1.52. The van der Waals surface area contributed by atoms with Gasteiger partial charge in [0, 0.05) is 49.5 Å². The molecule has 2 atom stereocenters. The number of carboxylic acids is 2. The second-order valence-corrected chi connectivity index (χ2v) is 8.39. The molecule has 1 aromatic carbocycles. The van der Waals surface area contributed by atoms with Gasteiger partial charge in [0.05, 0.1) is 5.56 Å². The summed E-state index contributed by atoms with van der Waals surface area (Å²) in [5.74, 6) is -4.02. The average molecular weight is 513 g/mol. The summed E-state index contributed by atoms with van der Waals surface area (Å²) in [6.45, 7) is 4.85. The molecule has 0 spiro atoms. The molecule has 2 aromatic rings. The van der Waals surface area contributed by atoms with Gasteiger partial charge in [0.2, 0.25) is 0 Å². The highest BCUT2D eigenvalue weighted by atomic mass is 32.1. The van der Waals surface area contributed by atoms with Gasteiger partial charge in [-0.3, -0.25) is 0 Å². The van der Waals surface area contributed by atoms with E-state index in [9.17, 15) is 23.2 Å². The number of carbonyl (C=O) groups excluding carboxylic acids is 1. The number of carbonyl (C=O) groups is 3. The molecule has 0 saturated carbocycles. The van der Waals surface area contributed by atoms with Gasteiger partial charge < -0.3 is 29.9 Å². The van der Waals surface area contributed by atoms with Crippen molar-refractivity contribution in [3.8, 4) is 5.75 Å². The number of piperazine rings is 1. The fraction of sp³-hybridized carbons (Fsp3) is 0.348. The number of aliphatic carboxylic acids is 2. The van der Waals surface area contributed by atoms with Crippen molar-refractivity contribution in [1.29, 1.82) is 0 Å². The second kappa shape index (κ2) is 13.4. The van der Waals surface area contributed by atoms with Crippen LogP contribution < -0.4 is 10.1 Å². The van der Waals surface area contributed by atoms with Crippen molar-refractivity contribution in [2.24, 2.45) is 0 Å². The van der Waals surface area contributed by atoms with Crippen LogP contribution in [-0.2, 0) is 27.5 Å². The maximum atomic E-state index is 14.3. The highest BCUT2D eigenvalue weighted by Crippen LogP contribution is 2.23. The van der Waals surface area contributed by atoms with Crippen LogP contribution >= 0.6 is 11.3 Å². The fourth-order valence-corrected chi connectivity index (χ4v) is 3.84. The van der Waals surface area contributed by atoms with E-state index in [0.717, 1.165) is 17.7 Å². The molecule has 1 amide bonds. The number of nitrogens with zero attached hydrogens (tertiary/aromatic N) is 1. The summed E-state index contributed by atoms with van der Waals surface area (Å²) in [6, 6.07) is 3.99. The Balaban J connectivity index is 0.000000466. The number of nitrogens with one attached hydrogen (secondary N) is 1. The zero-order valence-corrected chi connectivity index (χ0v) is 19.9. The van der Waals surface area contributed by atoms with Crippen LogP contribution in [0.15, 0.2) is 41.1 Å². The van der Waals surface area contributed by atoms with Crippen LogP contribution in [0.1, 0.15) is 25.0 Å². The first-order chi connectivity index (χ1) is 16.6. The zero-order chi connectivity index (χ0) is 26.0. The van der Waals surface area contributed by atoms with Crippen LogP contribution in [0, 0.1) is 11.6 Å². The second-order valence-electron chi connectivity index (χ2n) is 7.61. The standard InChI is InChI=1S/C19H22F2N2O3S.C4H4O4/c1-12-7-22-8-13(2)23(12)19(24)26-10-16-17(20)5-15(6-18(16)21)25-9-14-3-4-27-11-14;5-3(6)1-2-4(7)8/h3-6,11-13,22H,7-10H2,1-2H3;1-2H,(H,5,6)(H,7,8)/t12-,13+;. The lowest BCUT2D eigenvalue weighted by Gasteiger charge is -2.38. The average Bonchev–Trinajstić information content (AvgIpc) is 3.30. The highest BCUT2D eigenvalue weighted by molar-refractivity contribution is 7.07. The molecular formula is C23H26F2N2O7S. The summed E-state index contributed by atoms with van der Waals surface area (Å²) in [5.41, 5.74) is 0.639. The van der Waals surface area contributed by atoms with Crippen LogP contribution in [0.25, 0.3) is 0 Å². The number of hydrogen-bond donors (Lipinski definition) is 3. The molecule has 9 nitrogen and oxygen atoms in total. The molecule has 0 unspecified atom stereocenters. The van der Waals surface area contributed by atoms with Crippen molar-refractivity contribution in [2.45, 2.75) is 39.1 Å². The Bertz CT molecular complexity index is 997. The monoisotopic (exact) mass is 512 g/mol. The number of carboxylic acid groups (broad SMARTS) is 2. The molecule has 0 bridgehead atoms. The quantitative estimate of drug-likeness (QED) is 0.481. The van der Waals surface area contributed by atoms with Crippen LogP contribution in [0.2, 0.25) is 0 Å². The van der Waals surface area contributed by atoms with E-state index in [1.54, 1.807) is 4.90 Å². The number of hydrogen-bond acceptors (Lipinski definition) is 7. The Labute approximate surface area is 204 Å². The first-order valence-corrected chi connectivity index (χ1v) is 11.4. The molecular weight excluding hydrogens is 486 g/mol. The molecule has 190 valence electrons. The first kappa shape index (κ1) is 27.7. The topological polar surface area (TPSA) is 125 Å². The molecule has 1 saturated heterocycles. The normalized spacial score (nSPS) is 17.4. The molecule has 1 aliphatic rings. The predicted octanol–water partition coefficient (Wildman–Crippen LogP) is 3.64. The van der Waals surface area contributed by atoms with E-state index in [1.165, 1.54) is 11.3 Å². The molecule has 1 fully saturated rings. The van der Waals surface area contributed by atoms with Gasteiger partial charge in [-0.25, -0.2) is 23.2 Å². The van der Waals surface area contributed by atoms with E-state index in [4.69, 9.17) is 19.7 Å². The summed E-state index contributed by atoms with van der Waals surface area (Å²) in [6.07, 6.45) is 0.540. The number of benzene rings is 1. The fourth-order valence-electron chi connectivity index (χ4n) is 3.19. The molecule has 3 N–H and O–H groups in total. The Hall–Kier alpha value is -3.51. The SMILES string of the molecule is C[C@@H]1CNC[C@H](C)N1C(=O)OCc1c(F)cc(OCc2ccsc2)cc1F.O=C(O)C=CC(=O)O. The van der Waals surface area contributed by atoms with Gasteiger partial charge in [0.15, 0.2) is 0 Å². The van der Waals surface area contributed by atoms with E-state index in [1.807, 2.05) is 30.7 Å². The zero-order valence-electron chi connectivity index (χ0n) is 19.1. The summed E-state index contributed by atoms with van der Waals surface area (Å²) in [4.78, 5) is 33.0. The summed E-state index contributed by atoms with van der Waals surface area (Å²) in [7, 11) is 0. The lowest BCUT2D eigenvalue weighted by atomic mass is 10.1. The molecule has 2 heterocycles. The van der Waals surface area contributed by atoms with Gasteiger partial charge in [0.25, 0.3) is 0 Å². The van der Waals surface area contributed by atoms with E-state index in [-0.39, 0.29) is 30.0 Å². The van der Waals surface area contributed by atoms with Gasteiger partial charge in [-0.15, -0.1) is 0 Å². The van der Waals surface area contributed by atoms with Crippen molar-refractivity contribution in [3.05, 3.63) is 63.9 Å². The van der Waals surface area contributed by atoms with Gasteiger partial charge in [-0.05, 0) is 36.2 Å². The number of thiophene rings is 1. The van der Waals surface area contributed by atoms with Crippen molar-refractivity contribution in [3.63, 3.8) is 0 Å². The molecule has 1 aromatic heterocycles. The minimum absolute atomic E-state index is 0.0520. The van der Waals surface area contributed by atoms with Gasteiger partial charge >= 0.3 is 18.0 Å². The number of halogens is 2. The van der Waals surface area contributed by atoms with Crippen molar-refractivity contribution in [2.75, 3.05) is 13.1 Å². The Morgan fingerprint density at radius 1 is 1.09 bits per heavy atom. The van der Waals surface area contributed by atoms with Gasteiger partial charge in [0.1, 0.15) is 30.6 Å². The van der Waals surface area contributed by atoms with Crippen LogP contribution in [0.5, 0.6) is 5.75 Å². The third-order valence-electron chi connectivity index (χ3n) is 4.85. The largest absolute Gasteiger partial charge is 0.489 e. The lowest BCUT2D eigenvalue weighted by Crippen LogP contribution is -2.57. The minimum Gasteiger partial charge on any atom is -0.489 e. The summed E-state index contributed by atoms with van der Waals surface area (Å²) in [5, 5.41) is 22.6. The Morgan fingerprint density at radius 2 is 1.66 bits per heavy atom. The third-order valence-corrected chi connectivity index (χ3v) is 5.58. The third kappa shape index (κ3) is 8.98. The molecule has 0 aliphatic carbocycles. The molecule has 3 rings (SSSR count). The molecule has 0 radical (unpaired) electrons. The van der Waals surface area contributed by atoms with E-state index in [2.05, 4.69) is 5.32 Å². The maximum absolute atomic E-state index is 14.3. The van der Waals surface area contributed by atoms with Crippen molar-refractivity contribution >= 4 is 29.4 Å². The number of amides is 1. The van der Waals surface area contributed by atoms with E-state index >= 15 is 0 Å². The molecule has 12 heteroatoms. The van der Waals surface area contributed by atoms with E-state index < -0.39 is 36.3 Å². The van der Waals surface area contributed by atoms with E-state index in [0.29, 0.717) is 25.2 Å². The van der Waals surface area contributed by atoms with Crippen LogP contribution in [0.3, 0.4) is 0 Å². The Kier molecular flexibility index (Phi) is 10.6. The smallest absolute Gasteiger partial charge is 0.410 e. The lowest BCUT2D eigenvalue weighted by molar-refractivity contribution is -0.134. The van der Waals surface area contributed by atoms with Crippen LogP contribution in [0.4, 0.5) is 13.6 Å². The molecule has 35 heavy (non-hydrogen) atoms. The van der Waals surface area contributed by atoms with Crippen LogP contribution in [-0.4, -0.2) is 58.3 Å². The predicted molar refractivity (Wildman–Crippen MR) is 123 cm³/mol. The number of ether oxygens (including phenoxy) is 2. The minimum atomic E-state index is -1.26. The Morgan fingerprint density at radius 3 is 2.14 bits per heavy atom. The summed E-state index contributed by atoms with van der Waals surface area (Å²) < 4.78 is 39.2. The number of rotatable bonds is 7. The van der Waals surface area contributed by atoms with Crippen molar-refractivity contribution in [1.82, 2.24) is 10.2 Å². The maximum Gasteiger partial charge on any atom is 0.410 e.